The number of rotatable bonds is 6. The van der Waals surface area contributed by atoms with Crippen molar-refractivity contribution in [1.29, 1.82) is 0 Å². The summed E-state index contributed by atoms with van der Waals surface area (Å²) in [7, 11) is 4.09. The van der Waals surface area contributed by atoms with Crippen LogP contribution in [0.5, 0.6) is 5.75 Å². The highest BCUT2D eigenvalue weighted by Gasteiger charge is 2.16. The molecule has 0 radical (unpaired) electrons. The largest absolute Gasteiger partial charge is 0.493 e. The minimum Gasteiger partial charge on any atom is -0.493 e. The first-order valence-electron chi connectivity index (χ1n) is 7.16. The Bertz CT molecular complexity index is 590. The van der Waals surface area contributed by atoms with Crippen LogP contribution in [0.15, 0.2) is 18.3 Å². The number of halogens is 1. The monoisotopic (exact) mass is 278 g/mol. The van der Waals surface area contributed by atoms with Gasteiger partial charge in [0.1, 0.15) is 11.6 Å². The summed E-state index contributed by atoms with van der Waals surface area (Å²) in [6.07, 6.45) is 2.94. The second kappa shape index (κ2) is 6.27. The van der Waals surface area contributed by atoms with Gasteiger partial charge in [-0.3, -0.25) is 0 Å². The first-order valence-corrected chi connectivity index (χ1v) is 7.16. The SMILES string of the molecule is CCOc1ccc(F)c2c1c(CCN(C)C)cn2CC. The number of aryl methyl sites for hydroxylation is 1. The number of fused-ring (bicyclic) bond motifs is 1. The van der Waals surface area contributed by atoms with E-state index in [1.165, 1.54) is 6.07 Å². The van der Waals surface area contributed by atoms with Crippen molar-refractivity contribution in [2.45, 2.75) is 26.8 Å². The van der Waals surface area contributed by atoms with Gasteiger partial charge in [-0.25, -0.2) is 4.39 Å². The molecule has 1 heterocycles. The van der Waals surface area contributed by atoms with E-state index in [1.807, 2.05) is 32.5 Å². The average molecular weight is 278 g/mol. The molecule has 20 heavy (non-hydrogen) atoms. The second-order valence-electron chi connectivity index (χ2n) is 5.20. The zero-order chi connectivity index (χ0) is 14.7. The Kier molecular flexibility index (Phi) is 4.65. The van der Waals surface area contributed by atoms with Crippen molar-refractivity contribution in [2.24, 2.45) is 0 Å². The summed E-state index contributed by atoms with van der Waals surface area (Å²) in [6.45, 7) is 6.26. The van der Waals surface area contributed by atoms with Gasteiger partial charge in [0.15, 0.2) is 0 Å². The van der Waals surface area contributed by atoms with Gasteiger partial charge in [0, 0.05) is 24.7 Å². The Balaban J connectivity index is 2.58. The van der Waals surface area contributed by atoms with E-state index in [2.05, 4.69) is 11.1 Å². The maximum Gasteiger partial charge on any atom is 0.147 e. The molecule has 0 bridgehead atoms. The molecule has 110 valence electrons. The lowest BCUT2D eigenvalue weighted by Gasteiger charge is -2.10. The van der Waals surface area contributed by atoms with Crippen LogP contribution in [0, 0.1) is 5.82 Å². The Labute approximate surface area is 119 Å². The van der Waals surface area contributed by atoms with Gasteiger partial charge in [0.2, 0.25) is 0 Å². The van der Waals surface area contributed by atoms with Crippen LogP contribution in [0.2, 0.25) is 0 Å². The fraction of sp³-hybridized carbons (Fsp3) is 0.500. The van der Waals surface area contributed by atoms with Crippen LogP contribution in [0.4, 0.5) is 4.39 Å². The molecule has 0 amide bonds. The van der Waals surface area contributed by atoms with Gasteiger partial charge < -0.3 is 14.2 Å². The van der Waals surface area contributed by atoms with Gasteiger partial charge in [-0.1, -0.05) is 0 Å². The summed E-state index contributed by atoms with van der Waals surface area (Å²) in [5.74, 6) is 0.603. The lowest BCUT2D eigenvalue weighted by molar-refractivity contribution is 0.343. The Morgan fingerprint density at radius 3 is 2.60 bits per heavy atom. The van der Waals surface area contributed by atoms with Gasteiger partial charge in [0.05, 0.1) is 12.1 Å². The number of likely N-dealkylation sites (N-methyl/N-ethyl adjacent to an activating group) is 1. The fourth-order valence-corrected chi connectivity index (χ4v) is 2.51. The lowest BCUT2D eigenvalue weighted by Crippen LogP contribution is -2.15. The summed E-state index contributed by atoms with van der Waals surface area (Å²) in [5, 5.41) is 0.926. The molecule has 0 saturated carbocycles. The number of hydrogen-bond acceptors (Lipinski definition) is 2. The number of nitrogens with zero attached hydrogens (tertiary/aromatic N) is 2. The van der Waals surface area contributed by atoms with Crippen molar-refractivity contribution in [3.63, 3.8) is 0 Å². The van der Waals surface area contributed by atoms with E-state index in [1.54, 1.807) is 6.07 Å². The summed E-state index contributed by atoms with van der Waals surface area (Å²) in [6, 6.07) is 3.23. The van der Waals surface area contributed by atoms with Crippen LogP contribution in [0.1, 0.15) is 19.4 Å². The standard InChI is InChI=1S/C16H23FN2O/c1-5-19-11-12(9-10-18(3)4)15-14(20-6-2)8-7-13(17)16(15)19/h7-8,11H,5-6,9-10H2,1-4H3. The molecule has 0 aliphatic carbocycles. The third kappa shape index (κ3) is 2.80. The first kappa shape index (κ1) is 14.9. The molecule has 1 aromatic heterocycles. The molecule has 0 aliphatic rings. The number of hydrogen-bond donors (Lipinski definition) is 0. The van der Waals surface area contributed by atoms with Crippen LogP contribution in [0.25, 0.3) is 10.9 Å². The van der Waals surface area contributed by atoms with Gasteiger partial charge in [-0.15, -0.1) is 0 Å². The highest BCUT2D eigenvalue weighted by atomic mass is 19.1. The molecule has 3 nitrogen and oxygen atoms in total. The van der Waals surface area contributed by atoms with Crippen LogP contribution in [0.3, 0.4) is 0 Å². The minimum atomic E-state index is -0.179. The Morgan fingerprint density at radius 1 is 1.25 bits per heavy atom. The third-order valence-corrected chi connectivity index (χ3v) is 3.48. The lowest BCUT2D eigenvalue weighted by atomic mass is 10.1. The minimum absolute atomic E-state index is 0.179. The highest BCUT2D eigenvalue weighted by molar-refractivity contribution is 5.90. The van der Waals surface area contributed by atoms with Gasteiger partial charge in [0.25, 0.3) is 0 Å². The zero-order valence-electron chi connectivity index (χ0n) is 12.7. The molecule has 0 spiro atoms. The number of ether oxygens (including phenoxy) is 1. The molecule has 2 aromatic rings. The van der Waals surface area contributed by atoms with Gasteiger partial charge >= 0.3 is 0 Å². The molecule has 2 rings (SSSR count). The predicted molar refractivity (Wildman–Crippen MR) is 81.0 cm³/mol. The maximum atomic E-state index is 14.2. The van der Waals surface area contributed by atoms with Crippen LogP contribution >= 0.6 is 0 Å². The predicted octanol–water partition coefficient (Wildman–Crippen LogP) is 3.30. The van der Waals surface area contributed by atoms with Gasteiger partial charge in [-0.05, 0) is 52.1 Å². The maximum absolute atomic E-state index is 14.2. The van der Waals surface area contributed by atoms with E-state index in [9.17, 15) is 4.39 Å². The number of aromatic nitrogens is 1. The van der Waals surface area contributed by atoms with Crippen molar-refractivity contribution in [2.75, 3.05) is 27.2 Å². The number of benzene rings is 1. The van der Waals surface area contributed by atoms with Crippen molar-refractivity contribution >= 4 is 10.9 Å². The summed E-state index contributed by atoms with van der Waals surface area (Å²) >= 11 is 0. The topological polar surface area (TPSA) is 17.4 Å². The molecule has 0 aliphatic heterocycles. The smallest absolute Gasteiger partial charge is 0.147 e. The van der Waals surface area contributed by atoms with Crippen LogP contribution in [-0.4, -0.2) is 36.7 Å². The average Bonchev–Trinajstić information content (AvgIpc) is 2.79. The van der Waals surface area contributed by atoms with E-state index in [-0.39, 0.29) is 5.82 Å². The van der Waals surface area contributed by atoms with E-state index in [0.717, 1.165) is 36.2 Å². The normalized spacial score (nSPS) is 11.5. The Morgan fingerprint density at radius 2 is 2.00 bits per heavy atom. The van der Waals surface area contributed by atoms with Crippen molar-refractivity contribution in [3.8, 4) is 5.75 Å². The molecule has 0 saturated heterocycles. The van der Waals surface area contributed by atoms with Crippen molar-refractivity contribution < 1.29 is 9.13 Å². The molecule has 0 atom stereocenters. The van der Waals surface area contributed by atoms with E-state index in [4.69, 9.17) is 4.74 Å². The van der Waals surface area contributed by atoms with Crippen LogP contribution < -0.4 is 4.74 Å². The van der Waals surface area contributed by atoms with Crippen molar-refractivity contribution in [1.82, 2.24) is 9.47 Å². The van der Waals surface area contributed by atoms with E-state index in [0.29, 0.717) is 12.1 Å². The zero-order valence-corrected chi connectivity index (χ0v) is 12.7. The molecule has 0 unspecified atom stereocenters. The summed E-state index contributed by atoms with van der Waals surface area (Å²) < 4.78 is 21.8. The van der Waals surface area contributed by atoms with Crippen molar-refractivity contribution in [3.05, 3.63) is 29.7 Å². The molecule has 1 aromatic carbocycles. The molecular formula is C16H23FN2O. The summed E-state index contributed by atoms with van der Waals surface area (Å²) in [4.78, 5) is 2.13. The molecular weight excluding hydrogens is 255 g/mol. The molecule has 4 heteroatoms. The van der Waals surface area contributed by atoms with Crippen LogP contribution in [-0.2, 0) is 13.0 Å². The van der Waals surface area contributed by atoms with Gasteiger partial charge in [-0.2, -0.15) is 0 Å². The highest BCUT2D eigenvalue weighted by Crippen LogP contribution is 2.33. The quantitative estimate of drug-likeness (QED) is 0.806. The second-order valence-corrected chi connectivity index (χ2v) is 5.20. The molecule has 0 fully saturated rings. The molecule has 0 N–H and O–H groups in total. The fourth-order valence-electron chi connectivity index (χ4n) is 2.51. The van der Waals surface area contributed by atoms with E-state index < -0.39 is 0 Å². The third-order valence-electron chi connectivity index (χ3n) is 3.48. The van der Waals surface area contributed by atoms with E-state index >= 15 is 0 Å². The summed E-state index contributed by atoms with van der Waals surface area (Å²) in [5.41, 5.74) is 1.81. The Hall–Kier alpha value is -1.55. The first-order chi connectivity index (χ1) is 9.58.